The minimum Gasteiger partial charge on any atom is -0.488 e. The Labute approximate surface area is 126 Å². The van der Waals surface area contributed by atoms with Crippen molar-refractivity contribution in [1.82, 2.24) is 4.98 Å². The first-order chi connectivity index (χ1) is 10.7. The molecule has 0 aliphatic carbocycles. The number of hydrogen-bond acceptors (Lipinski definition) is 3. The van der Waals surface area contributed by atoms with Gasteiger partial charge in [-0.05, 0) is 17.7 Å². The van der Waals surface area contributed by atoms with Crippen LogP contribution < -0.4 is 10.5 Å². The molecular formula is C17H13N3O2. The van der Waals surface area contributed by atoms with Gasteiger partial charge in [-0.25, -0.2) is 0 Å². The second kappa shape index (κ2) is 5.62. The first-order valence-corrected chi connectivity index (χ1v) is 6.71. The lowest BCUT2D eigenvalue weighted by atomic mass is 10.1. The van der Waals surface area contributed by atoms with E-state index < -0.39 is 5.91 Å². The zero-order valence-electron chi connectivity index (χ0n) is 11.7. The molecular weight excluding hydrogens is 278 g/mol. The van der Waals surface area contributed by atoms with Crippen molar-refractivity contribution in [3.8, 4) is 11.8 Å². The summed E-state index contributed by atoms with van der Waals surface area (Å²) in [5.74, 6) is -0.00685. The molecule has 0 atom stereocenters. The standard InChI is InChI=1S/C17H13N3O2/c18-8-12-9-20-16-13(17(19)21)6-7-14(15(12)16)22-10-11-4-2-1-3-5-11/h1-7,9,20H,10H2,(H2,19,21). The second-order valence-corrected chi connectivity index (χ2v) is 4.81. The lowest BCUT2D eigenvalue weighted by Crippen LogP contribution is -2.11. The van der Waals surface area contributed by atoms with Crippen LogP contribution in [0.1, 0.15) is 21.5 Å². The van der Waals surface area contributed by atoms with E-state index in [0.717, 1.165) is 5.56 Å². The van der Waals surface area contributed by atoms with Crippen LogP contribution in [-0.2, 0) is 6.61 Å². The van der Waals surface area contributed by atoms with E-state index in [4.69, 9.17) is 10.5 Å². The highest BCUT2D eigenvalue weighted by atomic mass is 16.5. The largest absolute Gasteiger partial charge is 0.488 e. The molecule has 3 N–H and O–H groups in total. The number of nitrogens with two attached hydrogens (primary N) is 1. The fourth-order valence-electron chi connectivity index (χ4n) is 2.37. The number of ether oxygens (including phenoxy) is 1. The van der Waals surface area contributed by atoms with Gasteiger partial charge in [0.2, 0.25) is 0 Å². The van der Waals surface area contributed by atoms with E-state index in [0.29, 0.717) is 34.4 Å². The molecule has 0 aliphatic heterocycles. The summed E-state index contributed by atoms with van der Waals surface area (Å²) in [6.07, 6.45) is 1.55. The van der Waals surface area contributed by atoms with Gasteiger partial charge in [-0.1, -0.05) is 30.3 Å². The molecule has 0 spiro atoms. The Kier molecular flexibility index (Phi) is 3.50. The van der Waals surface area contributed by atoms with Gasteiger partial charge in [-0.15, -0.1) is 0 Å². The summed E-state index contributed by atoms with van der Waals surface area (Å²) < 4.78 is 5.82. The third-order valence-electron chi connectivity index (χ3n) is 3.42. The molecule has 5 nitrogen and oxygen atoms in total. The molecule has 0 radical (unpaired) electrons. The third-order valence-corrected chi connectivity index (χ3v) is 3.42. The number of hydrogen-bond donors (Lipinski definition) is 2. The van der Waals surface area contributed by atoms with Crippen LogP contribution in [0, 0.1) is 11.3 Å². The number of carbonyl (C=O) groups excluding carboxylic acids is 1. The van der Waals surface area contributed by atoms with E-state index in [9.17, 15) is 10.1 Å². The number of rotatable bonds is 4. The second-order valence-electron chi connectivity index (χ2n) is 4.81. The van der Waals surface area contributed by atoms with Gasteiger partial charge in [0.1, 0.15) is 18.4 Å². The van der Waals surface area contributed by atoms with E-state index >= 15 is 0 Å². The van der Waals surface area contributed by atoms with Crippen molar-refractivity contribution in [2.45, 2.75) is 6.61 Å². The van der Waals surface area contributed by atoms with E-state index in [1.165, 1.54) is 0 Å². The predicted molar refractivity (Wildman–Crippen MR) is 82.3 cm³/mol. The first kappa shape index (κ1) is 13.7. The van der Waals surface area contributed by atoms with Crippen LogP contribution >= 0.6 is 0 Å². The normalized spacial score (nSPS) is 10.3. The topological polar surface area (TPSA) is 91.9 Å². The Morgan fingerprint density at radius 2 is 2.00 bits per heavy atom. The van der Waals surface area contributed by atoms with Crippen molar-refractivity contribution in [3.63, 3.8) is 0 Å². The van der Waals surface area contributed by atoms with Gasteiger partial charge < -0.3 is 15.5 Å². The van der Waals surface area contributed by atoms with Gasteiger partial charge in [0.25, 0.3) is 5.91 Å². The highest BCUT2D eigenvalue weighted by molar-refractivity contribution is 6.08. The zero-order chi connectivity index (χ0) is 15.5. The van der Waals surface area contributed by atoms with Gasteiger partial charge in [0.05, 0.1) is 22.0 Å². The molecule has 0 saturated carbocycles. The molecule has 1 aromatic heterocycles. The number of carbonyl (C=O) groups is 1. The number of benzene rings is 2. The Morgan fingerprint density at radius 3 is 2.68 bits per heavy atom. The Balaban J connectivity index is 2.03. The van der Waals surface area contributed by atoms with Crippen LogP contribution in [0.3, 0.4) is 0 Å². The molecule has 5 heteroatoms. The summed E-state index contributed by atoms with van der Waals surface area (Å²) in [4.78, 5) is 14.4. The smallest absolute Gasteiger partial charge is 0.250 e. The van der Waals surface area contributed by atoms with Gasteiger partial charge in [-0.3, -0.25) is 4.79 Å². The molecule has 3 rings (SSSR count). The molecule has 1 amide bonds. The summed E-state index contributed by atoms with van der Waals surface area (Å²) in [6, 6.07) is 15.1. The quantitative estimate of drug-likeness (QED) is 0.774. The van der Waals surface area contributed by atoms with Gasteiger partial charge in [0, 0.05) is 6.20 Å². The van der Waals surface area contributed by atoms with Crippen molar-refractivity contribution < 1.29 is 9.53 Å². The number of nitrogens with zero attached hydrogens (tertiary/aromatic N) is 1. The molecule has 108 valence electrons. The highest BCUT2D eigenvalue weighted by Gasteiger charge is 2.16. The van der Waals surface area contributed by atoms with E-state index in [-0.39, 0.29) is 0 Å². The van der Waals surface area contributed by atoms with Gasteiger partial charge >= 0.3 is 0 Å². The summed E-state index contributed by atoms with van der Waals surface area (Å²) in [7, 11) is 0. The number of H-pyrrole nitrogens is 1. The number of primary amides is 1. The fourth-order valence-corrected chi connectivity index (χ4v) is 2.37. The first-order valence-electron chi connectivity index (χ1n) is 6.71. The minimum absolute atomic E-state index is 0.337. The number of nitrogens with one attached hydrogen (secondary N) is 1. The molecule has 3 aromatic rings. The number of aromatic nitrogens is 1. The van der Waals surface area contributed by atoms with E-state index in [1.54, 1.807) is 18.3 Å². The number of nitriles is 1. The van der Waals surface area contributed by atoms with Crippen LogP contribution in [0.25, 0.3) is 10.9 Å². The SMILES string of the molecule is N#Cc1c[nH]c2c(C(N)=O)ccc(OCc3ccccc3)c12. The number of amides is 1. The third kappa shape index (κ3) is 2.38. The van der Waals surface area contributed by atoms with Crippen LogP contribution in [0.5, 0.6) is 5.75 Å². The van der Waals surface area contributed by atoms with E-state index in [1.807, 2.05) is 30.3 Å². The summed E-state index contributed by atoms with van der Waals surface area (Å²) in [6.45, 7) is 0.377. The molecule has 2 aromatic carbocycles. The van der Waals surface area contributed by atoms with Crippen LogP contribution in [0.4, 0.5) is 0 Å². The van der Waals surface area contributed by atoms with Crippen molar-refractivity contribution >= 4 is 16.8 Å². The Hall–Kier alpha value is -3.26. The maximum Gasteiger partial charge on any atom is 0.250 e. The average Bonchev–Trinajstić information content (AvgIpc) is 2.97. The lowest BCUT2D eigenvalue weighted by Gasteiger charge is -2.09. The summed E-state index contributed by atoms with van der Waals surface area (Å²) in [5, 5.41) is 9.80. The summed E-state index contributed by atoms with van der Waals surface area (Å²) >= 11 is 0. The van der Waals surface area contributed by atoms with Crippen molar-refractivity contribution in [3.05, 3.63) is 65.4 Å². The molecule has 0 unspecified atom stereocenters. The highest BCUT2D eigenvalue weighted by Crippen LogP contribution is 2.31. The molecule has 0 fully saturated rings. The van der Waals surface area contributed by atoms with Crippen molar-refractivity contribution in [1.29, 1.82) is 5.26 Å². The lowest BCUT2D eigenvalue weighted by molar-refractivity contribution is 0.100. The van der Waals surface area contributed by atoms with Gasteiger partial charge in [0.15, 0.2) is 0 Å². The zero-order valence-corrected chi connectivity index (χ0v) is 11.7. The van der Waals surface area contributed by atoms with Crippen LogP contribution in [0.15, 0.2) is 48.7 Å². The molecule has 22 heavy (non-hydrogen) atoms. The minimum atomic E-state index is -0.550. The maximum absolute atomic E-state index is 11.5. The van der Waals surface area contributed by atoms with Crippen LogP contribution in [0.2, 0.25) is 0 Å². The monoisotopic (exact) mass is 291 g/mol. The van der Waals surface area contributed by atoms with Crippen molar-refractivity contribution in [2.24, 2.45) is 5.73 Å². The fraction of sp³-hybridized carbons (Fsp3) is 0.0588. The summed E-state index contributed by atoms with van der Waals surface area (Å²) in [5.41, 5.74) is 7.66. The van der Waals surface area contributed by atoms with E-state index in [2.05, 4.69) is 11.1 Å². The molecule has 0 saturated heterocycles. The Morgan fingerprint density at radius 1 is 1.23 bits per heavy atom. The van der Waals surface area contributed by atoms with Crippen LogP contribution in [-0.4, -0.2) is 10.9 Å². The average molecular weight is 291 g/mol. The molecule has 1 heterocycles. The molecule has 0 aliphatic rings. The Bertz CT molecular complexity index is 876. The number of aromatic amines is 1. The van der Waals surface area contributed by atoms with Gasteiger partial charge in [-0.2, -0.15) is 5.26 Å². The predicted octanol–water partition coefficient (Wildman–Crippen LogP) is 2.72. The number of fused-ring (bicyclic) bond motifs is 1. The maximum atomic E-state index is 11.5. The van der Waals surface area contributed by atoms with Crippen molar-refractivity contribution in [2.75, 3.05) is 0 Å². The molecule has 0 bridgehead atoms.